The predicted molar refractivity (Wildman–Crippen MR) is 116 cm³/mol. The summed E-state index contributed by atoms with van der Waals surface area (Å²) in [6.45, 7) is 1.62. The summed E-state index contributed by atoms with van der Waals surface area (Å²) >= 11 is 0. The van der Waals surface area contributed by atoms with Crippen molar-refractivity contribution >= 4 is 5.91 Å². The number of fused-ring (bicyclic) bond motifs is 1. The van der Waals surface area contributed by atoms with Crippen molar-refractivity contribution in [2.45, 2.75) is 43.3 Å². The lowest BCUT2D eigenvalue weighted by Gasteiger charge is -2.48. The second kappa shape index (κ2) is 8.89. The molecule has 0 saturated carbocycles. The SMILES string of the molecule is CO[C@H]1CO[C@@H](C(=O)N2CCc3ccccc3[C@@H]2c2ccc(F)cc2)C[C@@H]1N1CC(F)C1. The minimum atomic E-state index is -0.814. The molecule has 0 aromatic heterocycles. The van der Waals surface area contributed by atoms with Crippen LogP contribution in [-0.4, -0.2) is 73.5 Å². The molecular weight excluding hydrogens is 414 g/mol. The van der Waals surface area contributed by atoms with E-state index < -0.39 is 12.3 Å². The molecule has 7 heteroatoms. The fourth-order valence-electron chi connectivity index (χ4n) is 5.26. The molecule has 3 aliphatic rings. The van der Waals surface area contributed by atoms with Gasteiger partial charge in [0, 0.05) is 39.2 Å². The molecule has 2 aromatic rings. The largest absolute Gasteiger partial charge is 0.377 e. The third-order valence-corrected chi connectivity index (χ3v) is 7.01. The number of ether oxygens (including phenoxy) is 2. The molecular formula is C25H28F2N2O3. The molecule has 0 N–H and O–H groups in total. The van der Waals surface area contributed by atoms with Crippen molar-refractivity contribution in [3.05, 3.63) is 71.0 Å². The number of methoxy groups -OCH3 is 1. The summed E-state index contributed by atoms with van der Waals surface area (Å²) in [4.78, 5) is 17.6. The summed E-state index contributed by atoms with van der Waals surface area (Å²) in [5, 5.41) is 0. The Labute approximate surface area is 186 Å². The number of likely N-dealkylation sites (tertiary alicyclic amines) is 1. The van der Waals surface area contributed by atoms with Gasteiger partial charge in [0.25, 0.3) is 5.91 Å². The number of carbonyl (C=O) groups is 1. The maximum absolute atomic E-state index is 13.7. The van der Waals surface area contributed by atoms with Crippen LogP contribution in [0.25, 0.3) is 0 Å². The number of alkyl halides is 1. The van der Waals surface area contributed by atoms with E-state index >= 15 is 0 Å². The normalized spacial score (nSPS) is 28.8. The highest BCUT2D eigenvalue weighted by Gasteiger charge is 2.45. The van der Waals surface area contributed by atoms with Gasteiger partial charge in [-0.25, -0.2) is 8.78 Å². The van der Waals surface area contributed by atoms with E-state index in [9.17, 15) is 13.6 Å². The smallest absolute Gasteiger partial charge is 0.252 e. The van der Waals surface area contributed by atoms with Crippen molar-refractivity contribution in [1.82, 2.24) is 9.80 Å². The Bertz CT molecular complexity index is 964. The lowest BCUT2D eigenvalue weighted by atomic mass is 9.87. The van der Waals surface area contributed by atoms with Gasteiger partial charge in [-0.3, -0.25) is 9.69 Å². The van der Waals surface area contributed by atoms with E-state index in [0.29, 0.717) is 32.7 Å². The Morgan fingerprint density at radius 1 is 1.12 bits per heavy atom. The standard InChI is InChI=1S/C25H28F2N2O3/c1-31-23-15-32-22(12-21(23)28-13-19(27)14-28)25(30)29-11-10-16-4-2-3-5-20(16)24(29)17-6-8-18(26)9-7-17/h2-9,19,21-24H,10-15H2,1H3/t21-,22+,23-,24-/m0/s1. The predicted octanol–water partition coefficient (Wildman–Crippen LogP) is 3.13. The highest BCUT2D eigenvalue weighted by Crippen LogP contribution is 2.37. The van der Waals surface area contributed by atoms with E-state index in [1.807, 2.05) is 28.0 Å². The number of nitrogens with zero attached hydrogens (tertiary/aromatic N) is 2. The zero-order valence-corrected chi connectivity index (χ0v) is 18.1. The molecule has 5 nitrogen and oxygen atoms in total. The van der Waals surface area contributed by atoms with Crippen LogP contribution >= 0.6 is 0 Å². The van der Waals surface area contributed by atoms with Gasteiger partial charge < -0.3 is 14.4 Å². The van der Waals surface area contributed by atoms with Gasteiger partial charge >= 0.3 is 0 Å². The first kappa shape index (κ1) is 21.5. The summed E-state index contributed by atoms with van der Waals surface area (Å²) in [5.74, 6) is -0.383. The number of hydrogen-bond acceptors (Lipinski definition) is 4. The molecule has 0 radical (unpaired) electrons. The molecule has 0 bridgehead atoms. The first-order valence-electron chi connectivity index (χ1n) is 11.2. The average Bonchev–Trinajstić information content (AvgIpc) is 2.81. The number of amides is 1. The van der Waals surface area contributed by atoms with Crippen LogP contribution in [0, 0.1) is 5.82 Å². The molecule has 170 valence electrons. The molecule has 0 aliphatic carbocycles. The average molecular weight is 443 g/mol. The summed E-state index contributed by atoms with van der Waals surface area (Å²) < 4.78 is 38.6. The van der Waals surface area contributed by atoms with Gasteiger partial charge in [-0.1, -0.05) is 36.4 Å². The van der Waals surface area contributed by atoms with Crippen LogP contribution in [-0.2, 0) is 20.7 Å². The van der Waals surface area contributed by atoms with Gasteiger partial charge in [-0.15, -0.1) is 0 Å². The molecule has 4 atom stereocenters. The molecule has 0 unspecified atom stereocenters. The lowest BCUT2D eigenvalue weighted by Crippen LogP contribution is -2.62. The van der Waals surface area contributed by atoms with Gasteiger partial charge in [0.2, 0.25) is 0 Å². The van der Waals surface area contributed by atoms with Gasteiger partial charge in [-0.05, 0) is 35.2 Å². The molecule has 0 spiro atoms. The topological polar surface area (TPSA) is 42.0 Å². The Hall–Kier alpha value is -2.35. The minimum absolute atomic E-state index is 0.0453. The molecule has 2 fully saturated rings. The van der Waals surface area contributed by atoms with E-state index in [0.717, 1.165) is 17.5 Å². The zero-order valence-electron chi connectivity index (χ0n) is 18.1. The van der Waals surface area contributed by atoms with Crippen molar-refractivity contribution in [2.24, 2.45) is 0 Å². The van der Waals surface area contributed by atoms with Crippen LogP contribution < -0.4 is 0 Å². The third kappa shape index (κ3) is 3.93. The van der Waals surface area contributed by atoms with Crippen molar-refractivity contribution in [3.8, 4) is 0 Å². The van der Waals surface area contributed by atoms with Crippen molar-refractivity contribution in [2.75, 3.05) is 33.4 Å². The Morgan fingerprint density at radius 2 is 1.88 bits per heavy atom. The number of hydrogen-bond donors (Lipinski definition) is 0. The van der Waals surface area contributed by atoms with E-state index in [4.69, 9.17) is 9.47 Å². The highest BCUT2D eigenvalue weighted by molar-refractivity contribution is 5.82. The maximum Gasteiger partial charge on any atom is 0.252 e. The summed E-state index contributed by atoms with van der Waals surface area (Å²) in [7, 11) is 1.63. The monoisotopic (exact) mass is 442 g/mol. The van der Waals surface area contributed by atoms with Crippen molar-refractivity contribution in [3.63, 3.8) is 0 Å². The fraction of sp³-hybridized carbons (Fsp3) is 0.480. The molecule has 3 heterocycles. The quantitative estimate of drug-likeness (QED) is 0.730. The number of halogens is 2. The van der Waals surface area contributed by atoms with Crippen molar-refractivity contribution < 1.29 is 23.0 Å². The van der Waals surface area contributed by atoms with Crippen LogP contribution in [0.2, 0.25) is 0 Å². The number of carbonyl (C=O) groups excluding carboxylic acids is 1. The van der Waals surface area contributed by atoms with Gasteiger partial charge in [-0.2, -0.15) is 0 Å². The molecule has 3 aliphatic heterocycles. The Balaban J connectivity index is 1.42. The maximum atomic E-state index is 13.7. The third-order valence-electron chi connectivity index (χ3n) is 7.01. The second-order valence-corrected chi connectivity index (χ2v) is 8.88. The van der Waals surface area contributed by atoms with Crippen LogP contribution in [0.1, 0.15) is 29.2 Å². The molecule has 2 saturated heterocycles. The fourth-order valence-corrected chi connectivity index (χ4v) is 5.26. The van der Waals surface area contributed by atoms with Gasteiger partial charge in [0.1, 0.15) is 18.1 Å². The van der Waals surface area contributed by atoms with Gasteiger partial charge in [0.15, 0.2) is 0 Å². The van der Waals surface area contributed by atoms with E-state index in [-0.39, 0.29) is 29.9 Å². The van der Waals surface area contributed by atoms with Crippen molar-refractivity contribution in [1.29, 1.82) is 0 Å². The van der Waals surface area contributed by atoms with Crippen LogP contribution in [0.4, 0.5) is 8.78 Å². The summed E-state index contributed by atoms with van der Waals surface area (Å²) in [5.41, 5.74) is 3.13. The molecule has 1 amide bonds. The minimum Gasteiger partial charge on any atom is -0.377 e. The van der Waals surface area contributed by atoms with Crippen LogP contribution in [0.3, 0.4) is 0 Å². The first-order chi connectivity index (χ1) is 15.5. The summed E-state index contributed by atoms with van der Waals surface area (Å²) in [6, 6.07) is 14.1. The lowest BCUT2D eigenvalue weighted by molar-refractivity contribution is -0.168. The van der Waals surface area contributed by atoms with Gasteiger partial charge in [0.05, 0.1) is 18.8 Å². The summed E-state index contributed by atoms with van der Waals surface area (Å²) in [6.07, 6.45) is -0.379. The van der Waals surface area contributed by atoms with E-state index in [2.05, 4.69) is 6.07 Å². The number of benzene rings is 2. The number of rotatable bonds is 4. The molecule has 2 aromatic carbocycles. The van der Waals surface area contributed by atoms with Crippen LogP contribution in [0.15, 0.2) is 48.5 Å². The Morgan fingerprint density at radius 3 is 2.59 bits per heavy atom. The second-order valence-electron chi connectivity index (χ2n) is 8.88. The highest BCUT2D eigenvalue weighted by atomic mass is 19.1. The first-order valence-corrected chi connectivity index (χ1v) is 11.2. The Kier molecular flexibility index (Phi) is 5.97. The molecule has 32 heavy (non-hydrogen) atoms. The van der Waals surface area contributed by atoms with Crippen LogP contribution in [0.5, 0.6) is 0 Å². The van der Waals surface area contributed by atoms with E-state index in [1.165, 1.54) is 17.7 Å². The molecule has 5 rings (SSSR count). The van der Waals surface area contributed by atoms with E-state index in [1.54, 1.807) is 19.2 Å². The zero-order chi connectivity index (χ0) is 22.2.